The molecule has 0 aliphatic carbocycles. The van der Waals surface area contributed by atoms with E-state index in [-0.39, 0.29) is 36.4 Å². The van der Waals surface area contributed by atoms with Crippen LogP contribution in [0.3, 0.4) is 0 Å². The second-order valence-corrected chi connectivity index (χ2v) is 7.59. The highest BCUT2D eigenvalue weighted by molar-refractivity contribution is 14.0. The van der Waals surface area contributed by atoms with Crippen LogP contribution in [0, 0.1) is 0 Å². The van der Waals surface area contributed by atoms with Gasteiger partial charge in [0.15, 0.2) is 5.96 Å². The summed E-state index contributed by atoms with van der Waals surface area (Å²) in [7, 11) is 1.73. The number of halogens is 1. The second kappa shape index (κ2) is 10.7. The molecule has 3 rings (SSSR count). The molecule has 7 heteroatoms. The first-order valence-corrected chi connectivity index (χ1v) is 9.88. The van der Waals surface area contributed by atoms with Gasteiger partial charge in [-0.3, -0.25) is 9.79 Å². The molecule has 1 aromatic heterocycles. The Bertz CT molecular complexity index is 790. The predicted molar refractivity (Wildman–Crippen MR) is 123 cm³/mol. The van der Waals surface area contributed by atoms with Crippen LogP contribution in [0.5, 0.6) is 0 Å². The third-order valence-corrected chi connectivity index (χ3v) is 5.84. The summed E-state index contributed by atoms with van der Waals surface area (Å²) in [6.45, 7) is 4.60. The van der Waals surface area contributed by atoms with E-state index in [1.165, 1.54) is 20.9 Å². The number of hydrogen-bond donors (Lipinski definition) is 2. The van der Waals surface area contributed by atoms with Crippen LogP contribution in [-0.4, -0.2) is 36.9 Å². The molecule has 2 aromatic rings. The number of hydrogen-bond acceptors (Lipinski definition) is 3. The Hall–Kier alpha value is -1.61. The molecule has 1 aliphatic rings. The van der Waals surface area contributed by atoms with Crippen LogP contribution in [0.1, 0.15) is 27.8 Å². The number of rotatable bonds is 5. The molecule has 1 amide bonds. The van der Waals surface area contributed by atoms with Crippen molar-refractivity contribution in [3.05, 3.63) is 57.3 Å². The third kappa shape index (κ3) is 5.93. The first-order chi connectivity index (χ1) is 12.7. The molecule has 0 radical (unpaired) electrons. The SMILES string of the molecule is CCc1ccc(CNC(=NC)NCC(=O)N2CCc3ccccc3C2)s1.I. The number of fused-ring (bicyclic) bond motifs is 1. The summed E-state index contributed by atoms with van der Waals surface area (Å²) in [5, 5.41) is 6.41. The summed E-state index contributed by atoms with van der Waals surface area (Å²) in [5.74, 6) is 0.758. The first kappa shape index (κ1) is 21.7. The summed E-state index contributed by atoms with van der Waals surface area (Å²) < 4.78 is 0. The average Bonchev–Trinajstić information content (AvgIpc) is 3.15. The van der Waals surface area contributed by atoms with E-state index in [1.54, 1.807) is 18.4 Å². The van der Waals surface area contributed by atoms with E-state index in [0.29, 0.717) is 12.5 Å². The van der Waals surface area contributed by atoms with E-state index in [4.69, 9.17) is 0 Å². The van der Waals surface area contributed by atoms with E-state index in [0.717, 1.165) is 25.9 Å². The Labute approximate surface area is 182 Å². The maximum absolute atomic E-state index is 12.5. The lowest BCUT2D eigenvalue weighted by molar-refractivity contribution is -0.130. The molecule has 1 aromatic carbocycles. The Kier molecular flexibility index (Phi) is 8.56. The number of nitrogens with one attached hydrogen (secondary N) is 2. The van der Waals surface area contributed by atoms with Crippen molar-refractivity contribution in [1.82, 2.24) is 15.5 Å². The minimum Gasteiger partial charge on any atom is -0.352 e. The molecule has 1 aliphatic heterocycles. The summed E-state index contributed by atoms with van der Waals surface area (Å²) >= 11 is 1.81. The Balaban J connectivity index is 0.00000261. The van der Waals surface area contributed by atoms with Gasteiger partial charge in [-0.25, -0.2) is 0 Å². The molecule has 5 nitrogen and oxygen atoms in total. The monoisotopic (exact) mass is 498 g/mol. The van der Waals surface area contributed by atoms with Crippen LogP contribution >= 0.6 is 35.3 Å². The van der Waals surface area contributed by atoms with Crippen molar-refractivity contribution in [1.29, 1.82) is 0 Å². The van der Waals surface area contributed by atoms with E-state index >= 15 is 0 Å². The van der Waals surface area contributed by atoms with Gasteiger partial charge in [0, 0.05) is 29.9 Å². The molecule has 0 saturated carbocycles. The van der Waals surface area contributed by atoms with Crippen molar-refractivity contribution in [2.24, 2.45) is 4.99 Å². The molecule has 27 heavy (non-hydrogen) atoms. The van der Waals surface area contributed by atoms with E-state index in [2.05, 4.69) is 52.9 Å². The van der Waals surface area contributed by atoms with E-state index < -0.39 is 0 Å². The minimum absolute atomic E-state index is 0. The molecule has 0 saturated heterocycles. The first-order valence-electron chi connectivity index (χ1n) is 9.06. The summed E-state index contributed by atoms with van der Waals surface area (Å²) in [6, 6.07) is 12.6. The minimum atomic E-state index is 0. The molecule has 2 N–H and O–H groups in total. The standard InChI is InChI=1S/C20H26N4OS.HI/c1-3-17-8-9-18(26-17)12-22-20(21-2)23-13-19(25)24-11-10-15-6-4-5-7-16(15)14-24;/h4-9H,3,10-14H2,1-2H3,(H2,21,22,23);1H. The number of carbonyl (C=O) groups excluding carboxylic acids is 1. The number of aliphatic imine (C=N–C) groups is 1. The quantitative estimate of drug-likeness (QED) is 0.379. The Morgan fingerprint density at radius 1 is 1.15 bits per heavy atom. The number of amides is 1. The normalized spacial score (nSPS) is 13.6. The maximum atomic E-state index is 12.5. The zero-order valence-electron chi connectivity index (χ0n) is 15.8. The lowest BCUT2D eigenvalue weighted by Gasteiger charge is -2.29. The summed E-state index contributed by atoms with van der Waals surface area (Å²) in [4.78, 5) is 21.3. The van der Waals surface area contributed by atoms with Gasteiger partial charge >= 0.3 is 0 Å². The highest BCUT2D eigenvalue weighted by Gasteiger charge is 2.20. The second-order valence-electron chi connectivity index (χ2n) is 6.33. The predicted octanol–water partition coefficient (Wildman–Crippen LogP) is 3.18. The van der Waals surface area contributed by atoms with Crippen LogP contribution in [0.15, 0.2) is 41.4 Å². The molecular formula is C20H27IN4OS. The van der Waals surface area contributed by atoms with Crippen molar-refractivity contribution >= 4 is 47.2 Å². The zero-order chi connectivity index (χ0) is 18.4. The van der Waals surface area contributed by atoms with Crippen molar-refractivity contribution in [3.8, 4) is 0 Å². The van der Waals surface area contributed by atoms with Gasteiger partial charge in [-0.05, 0) is 36.1 Å². The summed E-state index contributed by atoms with van der Waals surface area (Å²) in [6.07, 6.45) is 1.98. The fourth-order valence-corrected chi connectivity index (χ4v) is 3.98. The maximum Gasteiger partial charge on any atom is 0.242 e. The van der Waals surface area contributed by atoms with Gasteiger partial charge < -0.3 is 15.5 Å². The number of thiophene rings is 1. The van der Waals surface area contributed by atoms with Gasteiger partial charge in [-0.1, -0.05) is 31.2 Å². The molecule has 0 fully saturated rings. The van der Waals surface area contributed by atoms with Crippen LogP contribution in [0.2, 0.25) is 0 Å². The molecule has 146 valence electrons. The van der Waals surface area contributed by atoms with Crippen LogP contribution in [0.4, 0.5) is 0 Å². The number of benzene rings is 1. The average molecular weight is 498 g/mol. The fourth-order valence-electron chi connectivity index (χ4n) is 3.08. The van der Waals surface area contributed by atoms with Crippen molar-refractivity contribution in [2.45, 2.75) is 32.9 Å². The van der Waals surface area contributed by atoms with E-state index in [1.807, 2.05) is 11.0 Å². The zero-order valence-corrected chi connectivity index (χ0v) is 19.0. The van der Waals surface area contributed by atoms with Crippen molar-refractivity contribution < 1.29 is 4.79 Å². The van der Waals surface area contributed by atoms with Crippen LogP contribution < -0.4 is 10.6 Å². The molecular weight excluding hydrogens is 471 g/mol. The lowest BCUT2D eigenvalue weighted by Crippen LogP contribution is -2.45. The highest BCUT2D eigenvalue weighted by Crippen LogP contribution is 2.18. The van der Waals surface area contributed by atoms with Gasteiger partial charge in [-0.15, -0.1) is 35.3 Å². The van der Waals surface area contributed by atoms with Gasteiger partial charge in [0.05, 0.1) is 13.1 Å². The highest BCUT2D eigenvalue weighted by atomic mass is 127. The molecule has 0 spiro atoms. The Morgan fingerprint density at radius 2 is 1.89 bits per heavy atom. The molecule has 0 atom stereocenters. The number of aryl methyl sites for hydroxylation is 1. The van der Waals surface area contributed by atoms with E-state index in [9.17, 15) is 4.79 Å². The lowest BCUT2D eigenvalue weighted by atomic mass is 10.00. The van der Waals surface area contributed by atoms with Gasteiger partial charge in [-0.2, -0.15) is 0 Å². The van der Waals surface area contributed by atoms with Crippen molar-refractivity contribution in [3.63, 3.8) is 0 Å². The molecule has 0 unspecified atom stereocenters. The topological polar surface area (TPSA) is 56.7 Å². The molecule has 0 bridgehead atoms. The Morgan fingerprint density at radius 3 is 2.59 bits per heavy atom. The van der Waals surface area contributed by atoms with Gasteiger partial charge in [0.2, 0.25) is 5.91 Å². The fraction of sp³-hybridized carbons (Fsp3) is 0.400. The van der Waals surface area contributed by atoms with Crippen LogP contribution in [-0.2, 0) is 30.7 Å². The largest absolute Gasteiger partial charge is 0.352 e. The number of carbonyl (C=O) groups is 1. The number of guanidine groups is 1. The smallest absolute Gasteiger partial charge is 0.242 e. The number of nitrogens with zero attached hydrogens (tertiary/aromatic N) is 2. The third-order valence-electron chi connectivity index (χ3n) is 4.61. The van der Waals surface area contributed by atoms with Crippen molar-refractivity contribution in [2.75, 3.05) is 20.1 Å². The van der Waals surface area contributed by atoms with Gasteiger partial charge in [0.25, 0.3) is 0 Å². The van der Waals surface area contributed by atoms with Crippen LogP contribution in [0.25, 0.3) is 0 Å². The summed E-state index contributed by atoms with van der Waals surface area (Å²) in [5.41, 5.74) is 2.60. The van der Waals surface area contributed by atoms with Gasteiger partial charge in [0.1, 0.15) is 0 Å². The molecule has 2 heterocycles.